The van der Waals surface area contributed by atoms with Crippen LogP contribution in [0.25, 0.3) is 0 Å². The number of hydrogen-bond acceptors (Lipinski definition) is 4. The Morgan fingerprint density at radius 2 is 1.79 bits per heavy atom. The van der Waals surface area contributed by atoms with Gasteiger partial charge in [0.05, 0.1) is 6.54 Å². The second-order valence-electron chi connectivity index (χ2n) is 7.86. The van der Waals surface area contributed by atoms with Crippen molar-refractivity contribution < 1.29 is 14.4 Å². The minimum Gasteiger partial charge on any atom is -0.338 e. The molecule has 1 spiro atoms. The van der Waals surface area contributed by atoms with Crippen LogP contribution in [0.1, 0.15) is 39.9 Å². The molecule has 1 aromatic carbocycles. The van der Waals surface area contributed by atoms with Crippen molar-refractivity contribution in [3.05, 3.63) is 65.0 Å². The molecule has 4 amide bonds. The maximum Gasteiger partial charge on any atom is 0.325 e. The number of carbonyl (C=O) groups excluding carboxylic acids is 3. The number of likely N-dealkylation sites (tertiary alicyclic amines) is 1. The lowest BCUT2D eigenvalue weighted by molar-refractivity contribution is -0.133. The molecule has 7 nitrogen and oxygen atoms in total. The van der Waals surface area contributed by atoms with Crippen LogP contribution < -0.4 is 5.32 Å². The van der Waals surface area contributed by atoms with E-state index in [9.17, 15) is 14.4 Å². The molecule has 29 heavy (non-hydrogen) atoms. The zero-order valence-electron chi connectivity index (χ0n) is 16.6. The zero-order valence-corrected chi connectivity index (χ0v) is 16.6. The van der Waals surface area contributed by atoms with Crippen LogP contribution in [0.3, 0.4) is 0 Å². The van der Waals surface area contributed by atoms with E-state index in [-0.39, 0.29) is 24.4 Å². The molecular formula is C22H24N4O3. The normalized spacial score (nSPS) is 18.3. The molecule has 2 aliphatic heterocycles. The number of aryl methyl sites for hydroxylation is 2. The van der Waals surface area contributed by atoms with Crippen molar-refractivity contribution in [2.45, 2.75) is 38.8 Å². The van der Waals surface area contributed by atoms with E-state index in [0.29, 0.717) is 31.5 Å². The summed E-state index contributed by atoms with van der Waals surface area (Å²) >= 11 is 0. The maximum atomic E-state index is 13.2. The Labute approximate surface area is 169 Å². The van der Waals surface area contributed by atoms with Crippen LogP contribution in [0, 0.1) is 13.8 Å². The lowest BCUT2D eigenvalue weighted by Gasteiger charge is -2.37. The first-order chi connectivity index (χ1) is 13.9. The lowest BCUT2D eigenvalue weighted by Crippen LogP contribution is -2.55. The SMILES string of the molecule is Cc1ccc(C)c(CN2C(=O)NC3(CCN(C(=O)c4ccncc4)CC3)C2=O)c1. The molecule has 0 bridgehead atoms. The number of amides is 4. The first kappa shape index (κ1) is 19.1. The molecule has 2 aromatic rings. The number of piperidine rings is 1. The van der Waals surface area contributed by atoms with E-state index in [1.54, 1.807) is 29.4 Å². The number of nitrogens with one attached hydrogen (secondary N) is 1. The van der Waals surface area contributed by atoms with Crippen molar-refractivity contribution in [2.24, 2.45) is 0 Å². The molecule has 0 atom stereocenters. The third-order valence-electron chi connectivity index (χ3n) is 5.91. The number of nitrogens with zero attached hydrogens (tertiary/aromatic N) is 3. The van der Waals surface area contributed by atoms with Crippen LogP contribution in [0.5, 0.6) is 0 Å². The topological polar surface area (TPSA) is 82.6 Å². The average molecular weight is 392 g/mol. The molecule has 2 aliphatic rings. The third-order valence-corrected chi connectivity index (χ3v) is 5.91. The first-order valence-corrected chi connectivity index (χ1v) is 9.79. The van der Waals surface area contributed by atoms with Gasteiger partial charge in [0.2, 0.25) is 0 Å². The summed E-state index contributed by atoms with van der Waals surface area (Å²) in [6.45, 7) is 5.08. The predicted octanol–water partition coefficient (Wildman–Crippen LogP) is 2.43. The van der Waals surface area contributed by atoms with Crippen LogP contribution in [0.4, 0.5) is 4.79 Å². The van der Waals surface area contributed by atoms with Crippen LogP contribution >= 0.6 is 0 Å². The Morgan fingerprint density at radius 3 is 2.48 bits per heavy atom. The van der Waals surface area contributed by atoms with E-state index in [0.717, 1.165) is 16.7 Å². The molecular weight excluding hydrogens is 368 g/mol. The molecule has 2 fully saturated rings. The van der Waals surface area contributed by atoms with Crippen molar-refractivity contribution in [2.75, 3.05) is 13.1 Å². The quantitative estimate of drug-likeness (QED) is 0.814. The van der Waals surface area contributed by atoms with Crippen LogP contribution in [0.15, 0.2) is 42.7 Å². The van der Waals surface area contributed by atoms with E-state index in [1.807, 2.05) is 32.0 Å². The average Bonchev–Trinajstić information content (AvgIpc) is 2.95. The summed E-state index contributed by atoms with van der Waals surface area (Å²) in [7, 11) is 0. The van der Waals surface area contributed by atoms with Gasteiger partial charge in [-0.1, -0.05) is 23.8 Å². The number of urea groups is 1. The highest BCUT2D eigenvalue weighted by Crippen LogP contribution is 2.31. The second-order valence-corrected chi connectivity index (χ2v) is 7.86. The highest BCUT2D eigenvalue weighted by Gasteiger charge is 2.52. The maximum absolute atomic E-state index is 13.2. The Morgan fingerprint density at radius 1 is 1.10 bits per heavy atom. The number of benzene rings is 1. The number of aromatic nitrogens is 1. The zero-order chi connectivity index (χ0) is 20.6. The van der Waals surface area contributed by atoms with Crippen molar-refractivity contribution in [3.8, 4) is 0 Å². The van der Waals surface area contributed by atoms with E-state index >= 15 is 0 Å². The molecule has 3 heterocycles. The Bertz CT molecular complexity index is 965. The molecule has 1 aromatic heterocycles. The molecule has 1 N–H and O–H groups in total. The Kier molecular flexibility index (Phi) is 4.82. The number of rotatable bonds is 3. The highest BCUT2D eigenvalue weighted by molar-refractivity contribution is 6.07. The van der Waals surface area contributed by atoms with Gasteiger partial charge in [-0.05, 0) is 49.9 Å². The van der Waals surface area contributed by atoms with Gasteiger partial charge in [0.1, 0.15) is 5.54 Å². The molecule has 0 unspecified atom stereocenters. The first-order valence-electron chi connectivity index (χ1n) is 9.79. The molecule has 150 valence electrons. The fraction of sp³-hybridized carbons (Fsp3) is 0.364. The van der Waals surface area contributed by atoms with Gasteiger partial charge in [-0.3, -0.25) is 19.5 Å². The monoisotopic (exact) mass is 392 g/mol. The van der Waals surface area contributed by atoms with Crippen molar-refractivity contribution >= 4 is 17.8 Å². The Balaban J connectivity index is 1.46. The molecule has 0 aliphatic carbocycles. The fourth-order valence-electron chi connectivity index (χ4n) is 4.07. The van der Waals surface area contributed by atoms with Gasteiger partial charge >= 0.3 is 6.03 Å². The number of hydrogen-bond donors (Lipinski definition) is 1. The van der Waals surface area contributed by atoms with Gasteiger partial charge in [0.25, 0.3) is 11.8 Å². The van der Waals surface area contributed by atoms with E-state index in [2.05, 4.69) is 10.3 Å². The van der Waals surface area contributed by atoms with E-state index in [4.69, 9.17) is 0 Å². The standard InChI is InChI=1S/C22H24N4O3/c1-15-3-4-16(2)18(13-15)14-26-20(28)22(24-21(26)29)7-11-25(12-8-22)19(27)17-5-9-23-10-6-17/h3-6,9-10,13H,7-8,11-12,14H2,1-2H3,(H,24,29). The smallest absolute Gasteiger partial charge is 0.325 e. The summed E-state index contributed by atoms with van der Waals surface area (Å²) < 4.78 is 0. The number of imide groups is 1. The highest BCUT2D eigenvalue weighted by atomic mass is 16.2. The van der Waals surface area contributed by atoms with Crippen molar-refractivity contribution in [1.29, 1.82) is 0 Å². The largest absolute Gasteiger partial charge is 0.338 e. The van der Waals surface area contributed by atoms with E-state index in [1.165, 1.54) is 4.90 Å². The van der Waals surface area contributed by atoms with Crippen LogP contribution in [0.2, 0.25) is 0 Å². The van der Waals surface area contributed by atoms with Crippen LogP contribution in [-0.4, -0.2) is 51.3 Å². The summed E-state index contributed by atoms with van der Waals surface area (Å²) in [4.78, 5) is 45.4. The summed E-state index contributed by atoms with van der Waals surface area (Å²) in [6, 6.07) is 9.04. The van der Waals surface area contributed by atoms with Gasteiger partial charge in [-0.15, -0.1) is 0 Å². The minimum atomic E-state index is -0.913. The van der Waals surface area contributed by atoms with Gasteiger partial charge in [-0.2, -0.15) is 0 Å². The van der Waals surface area contributed by atoms with Gasteiger partial charge < -0.3 is 10.2 Å². The van der Waals surface area contributed by atoms with E-state index < -0.39 is 5.54 Å². The summed E-state index contributed by atoms with van der Waals surface area (Å²) in [6.07, 6.45) is 4.00. The minimum absolute atomic E-state index is 0.0775. The lowest BCUT2D eigenvalue weighted by atomic mass is 9.87. The van der Waals surface area contributed by atoms with Gasteiger partial charge in [-0.25, -0.2) is 4.79 Å². The molecule has 0 radical (unpaired) electrons. The molecule has 7 heteroatoms. The number of carbonyl (C=O) groups is 3. The second kappa shape index (κ2) is 7.31. The third kappa shape index (κ3) is 3.48. The summed E-state index contributed by atoms with van der Waals surface area (Å²) in [5.74, 6) is -0.273. The molecule has 2 saturated heterocycles. The molecule has 4 rings (SSSR count). The predicted molar refractivity (Wildman–Crippen MR) is 107 cm³/mol. The van der Waals surface area contributed by atoms with Crippen molar-refractivity contribution in [3.63, 3.8) is 0 Å². The van der Waals surface area contributed by atoms with Gasteiger partial charge in [0.15, 0.2) is 0 Å². The number of pyridine rings is 1. The summed E-state index contributed by atoms with van der Waals surface area (Å²) in [5.41, 5.74) is 2.78. The molecule has 0 saturated carbocycles. The van der Waals surface area contributed by atoms with Crippen LogP contribution in [-0.2, 0) is 11.3 Å². The Hall–Kier alpha value is -3.22. The summed E-state index contributed by atoms with van der Waals surface area (Å²) in [5, 5.41) is 2.91. The van der Waals surface area contributed by atoms with Crippen molar-refractivity contribution in [1.82, 2.24) is 20.1 Å². The fourth-order valence-corrected chi connectivity index (χ4v) is 4.07. The van der Waals surface area contributed by atoms with Gasteiger partial charge in [0, 0.05) is 31.0 Å².